The summed E-state index contributed by atoms with van der Waals surface area (Å²) in [5.74, 6) is 0.0983. The molecule has 0 bridgehead atoms. The summed E-state index contributed by atoms with van der Waals surface area (Å²) in [7, 11) is 0. The molecule has 0 saturated carbocycles. The topological polar surface area (TPSA) is 78.8 Å². The van der Waals surface area contributed by atoms with Crippen LogP contribution in [0.3, 0.4) is 0 Å². The van der Waals surface area contributed by atoms with Gasteiger partial charge in [-0.05, 0) is 44.2 Å². The minimum Gasteiger partial charge on any atom is -0.505 e. The number of fused-ring (bicyclic) bond motifs is 1. The van der Waals surface area contributed by atoms with Crippen LogP contribution in [0.15, 0.2) is 42.6 Å². The van der Waals surface area contributed by atoms with E-state index in [1.54, 1.807) is 30.2 Å². The number of pyridine rings is 2. The lowest BCUT2D eigenvalue weighted by Gasteiger charge is -2.39. The van der Waals surface area contributed by atoms with Crippen molar-refractivity contribution in [3.05, 3.63) is 64.6 Å². The maximum atomic E-state index is 12.1. The summed E-state index contributed by atoms with van der Waals surface area (Å²) in [4.78, 5) is 25.1. The third-order valence-electron chi connectivity index (χ3n) is 5.54. The number of aromatic nitrogens is 2. The number of hydrogen-bond acceptors (Lipinski definition) is 6. The molecule has 1 amide bonds. The lowest BCUT2D eigenvalue weighted by Crippen LogP contribution is -2.50. The van der Waals surface area contributed by atoms with Gasteiger partial charge in [0.1, 0.15) is 11.3 Å². The zero-order valence-corrected chi connectivity index (χ0v) is 18.3. The van der Waals surface area contributed by atoms with E-state index in [2.05, 4.69) is 9.88 Å². The Morgan fingerprint density at radius 3 is 2.71 bits per heavy atom. The number of halogens is 1. The van der Waals surface area contributed by atoms with Crippen LogP contribution in [0.1, 0.15) is 29.9 Å². The van der Waals surface area contributed by atoms with Gasteiger partial charge in [-0.25, -0.2) is 4.79 Å². The number of nitrogens with zero attached hydrogens (tertiary/aromatic N) is 4. The quantitative estimate of drug-likeness (QED) is 0.656. The predicted molar refractivity (Wildman–Crippen MR) is 119 cm³/mol. The van der Waals surface area contributed by atoms with E-state index in [9.17, 15) is 9.90 Å². The summed E-state index contributed by atoms with van der Waals surface area (Å²) < 4.78 is 5.14. The van der Waals surface area contributed by atoms with Crippen LogP contribution in [0.5, 0.6) is 5.75 Å². The first kappa shape index (κ1) is 21.3. The molecule has 1 aromatic carbocycles. The first-order chi connectivity index (χ1) is 15.0. The fraction of sp³-hybridized carbons (Fsp3) is 0.348. The highest BCUT2D eigenvalue weighted by molar-refractivity contribution is 6.35. The highest BCUT2D eigenvalue weighted by Gasteiger charge is 2.32. The second-order valence-electron chi connectivity index (χ2n) is 7.52. The van der Waals surface area contributed by atoms with Gasteiger partial charge in [0.25, 0.3) is 0 Å². The highest BCUT2D eigenvalue weighted by Crippen LogP contribution is 2.40. The fourth-order valence-electron chi connectivity index (χ4n) is 4.05. The van der Waals surface area contributed by atoms with Gasteiger partial charge in [-0.2, -0.15) is 0 Å². The van der Waals surface area contributed by atoms with Crippen LogP contribution in [0.25, 0.3) is 10.9 Å². The number of benzene rings is 1. The molecule has 1 unspecified atom stereocenters. The van der Waals surface area contributed by atoms with Crippen LogP contribution in [-0.4, -0.2) is 63.8 Å². The number of carbonyl (C=O) groups excluding carboxylic acids is 1. The Morgan fingerprint density at radius 2 is 2.00 bits per heavy atom. The van der Waals surface area contributed by atoms with E-state index in [0.717, 1.165) is 11.4 Å². The number of carbonyl (C=O) groups is 1. The van der Waals surface area contributed by atoms with Crippen molar-refractivity contribution in [3.8, 4) is 5.75 Å². The number of phenolic OH excluding ortho intramolecular Hbond substituents is 1. The smallest absolute Gasteiger partial charge is 0.409 e. The van der Waals surface area contributed by atoms with E-state index in [1.807, 2.05) is 31.2 Å². The van der Waals surface area contributed by atoms with Gasteiger partial charge >= 0.3 is 6.09 Å². The summed E-state index contributed by atoms with van der Waals surface area (Å²) in [5.41, 5.74) is 2.81. The summed E-state index contributed by atoms with van der Waals surface area (Å²) in [6, 6.07) is 10.9. The standard InChI is InChI=1S/C23H25ClN4O3/c1-3-31-23(30)28-12-10-27(11-13-28)21(19-8-4-6-15(2)26-19)17-14-18(24)16-7-5-9-25-20(16)22(17)29/h4-9,14,21,29H,3,10-13H2,1-2H3. The van der Waals surface area contributed by atoms with E-state index in [1.165, 1.54) is 0 Å². The summed E-state index contributed by atoms with van der Waals surface area (Å²) in [6.07, 6.45) is 1.34. The number of amides is 1. The van der Waals surface area contributed by atoms with E-state index in [4.69, 9.17) is 21.3 Å². The van der Waals surface area contributed by atoms with Crippen molar-refractivity contribution in [3.63, 3.8) is 0 Å². The minimum absolute atomic E-state index is 0.0983. The normalized spacial score (nSPS) is 15.8. The number of piperazine rings is 1. The van der Waals surface area contributed by atoms with Crippen molar-refractivity contribution in [1.29, 1.82) is 0 Å². The molecule has 1 aliphatic heterocycles. The monoisotopic (exact) mass is 440 g/mol. The zero-order valence-electron chi connectivity index (χ0n) is 17.6. The zero-order chi connectivity index (χ0) is 22.0. The molecule has 1 fully saturated rings. The van der Waals surface area contributed by atoms with E-state index < -0.39 is 0 Å². The van der Waals surface area contributed by atoms with Gasteiger partial charge < -0.3 is 14.7 Å². The molecular formula is C23H25ClN4O3. The number of aryl methyl sites for hydroxylation is 1. The van der Waals surface area contributed by atoms with Crippen molar-refractivity contribution >= 4 is 28.6 Å². The highest BCUT2D eigenvalue weighted by atomic mass is 35.5. The molecule has 7 nitrogen and oxygen atoms in total. The van der Waals surface area contributed by atoms with Crippen molar-refractivity contribution < 1.29 is 14.6 Å². The van der Waals surface area contributed by atoms with E-state index in [0.29, 0.717) is 54.3 Å². The summed E-state index contributed by atoms with van der Waals surface area (Å²) in [6.45, 7) is 6.36. The predicted octanol–water partition coefficient (Wildman–Crippen LogP) is 4.16. The number of ether oxygens (including phenoxy) is 1. The van der Waals surface area contributed by atoms with E-state index in [-0.39, 0.29) is 17.9 Å². The lowest BCUT2D eigenvalue weighted by atomic mass is 9.97. The van der Waals surface area contributed by atoms with E-state index >= 15 is 0 Å². The molecule has 0 aliphatic carbocycles. The molecule has 8 heteroatoms. The fourth-order valence-corrected chi connectivity index (χ4v) is 4.32. The molecule has 1 atom stereocenters. The Morgan fingerprint density at radius 1 is 1.23 bits per heavy atom. The maximum Gasteiger partial charge on any atom is 0.409 e. The van der Waals surface area contributed by atoms with Gasteiger partial charge in [-0.15, -0.1) is 0 Å². The Kier molecular flexibility index (Phi) is 6.25. The second kappa shape index (κ2) is 9.08. The average molecular weight is 441 g/mol. The Labute approximate surface area is 186 Å². The van der Waals surface area contributed by atoms with Crippen molar-refractivity contribution in [2.24, 2.45) is 0 Å². The number of hydrogen-bond donors (Lipinski definition) is 1. The van der Waals surface area contributed by atoms with Gasteiger partial charge in [-0.3, -0.25) is 14.9 Å². The van der Waals surface area contributed by atoms with Gasteiger partial charge in [0, 0.05) is 49.0 Å². The second-order valence-corrected chi connectivity index (χ2v) is 7.93. The Hall–Kier alpha value is -2.90. The molecule has 1 N–H and O–H groups in total. The molecule has 1 saturated heterocycles. The number of rotatable bonds is 4. The molecule has 162 valence electrons. The third kappa shape index (κ3) is 4.29. The maximum absolute atomic E-state index is 12.1. The molecule has 3 heterocycles. The minimum atomic E-state index is -0.326. The van der Waals surface area contributed by atoms with Gasteiger partial charge in [0.05, 0.1) is 23.4 Å². The molecule has 3 aromatic rings. The van der Waals surface area contributed by atoms with Crippen LogP contribution < -0.4 is 0 Å². The van der Waals surface area contributed by atoms with Crippen LogP contribution in [-0.2, 0) is 4.74 Å². The van der Waals surface area contributed by atoms with Crippen molar-refractivity contribution in [2.45, 2.75) is 19.9 Å². The molecule has 4 rings (SSSR count). The SMILES string of the molecule is CCOC(=O)N1CCN(C(c2cccc(C)n2)c2cc(Cl)c3cccnc3c2O)CC1. The van der Waals surface area contributed by atoms with Crippen LogP contribution in [0.4, 0.5) is 4.79 Å². The number of aromatic hydroxyl groups is 1. The Bertz CT molecular complexity index is 1100. The van der Waals surface area contributed by atoms with Gasteiger partial charge in [0.15, 0.2) is 0 Å². The van der Waals surface area contributed by atoms with Crippen molar-refractivity contribution in [2.75, 3.05) is 32.8 Å². The Balaban J connectivity index is 1.75. The largest absolute Gasteiger partial charge is 0.505 e. The van der Waals surface area contributed by atoms with Gasteiger partial charge in [0.2, 0.25) is 0 Å². The van der Waals surface area contributed by atoms with Gasteiger partial charge in [-0.1, -0.05) is 17.7 Å². The molecule has 31 heavy (non-hydrogen) atoms. The molecule has 0 radical (unpaired) electrons. The molecular weight excluding hydrogens is 416 g/mol. The first-order valence-electron chi connectivity index (χ1n) is 10.3. The molecule has 0 spiro atoms. The van der Waals surface area contributed by atoms with Crippen molar-refractivity contribution in [1.82, 2.24) is 19.8 Å². The number of phenols is 1. The summed E-state index contributed by atoms with van der Waals surface area (Å²) >= 11 is 6.58. The molecule has 2 aromatic heterocycles. The van der Waals surface area contributed by atoms with Crippen LogP contribution in [0, 0.1) is 6.92 Å². The average Bonchev–Trinajstić information content (AvgIpc) is 2.78. The first-order valence-corrected chi connectivity index (χ1v) is 10.7. The van der Waals surface area contributed by atoms with Crippen LogP contribution in [0.2, 0.25) is 5.02 Å². The third-order valence-corrected chi connectivity index (χ3v) is 5.85. The van der Waals surface area contributed by atoms with Crippen LogP contribution >= 0.6 is 11.6 Å². The summed E-state index contributed by atoms with van der Waals surface area (Å²) in [5, 5.41) is 12.4. The molecule has 1 aliphatic rings. The lowest BCUT2D eigenvalue weighted by molar-refractivity contribution is 0.0707.